The zero-order chi connectivity index (χ0) is 18.4. The lowest BCUT2D eigenvalue weighted by molar-refractivity contribution is -0.138. The molecule has 0 radical (unpaired) electrons. The topological polar surface area (TPSA) is 71.1 Å². The predicted octanol–water partition coefficient (Wildman–Crippen LogP) is 3.23. The molecular weight excluding hydrogens is 314 g/mol. The Hall–Kier alpha value is -2.69. The molecule has 1 aromatic heterocycles. The lowest BCUT2D eigenvalue weighted by Gasteiger charge is -2.24. The largest absolute Gasteiger partial charge is 0.351 e. The van der Waals surface area contributed by atoms with Crippen LogP contribution in [-0.4, -0.2) is 16.8 Å². The maximum atomic E-state index is 12.7. The minimum absolute atomic E-state index is 0.319. The number of nitrogens with zero attached hydrogens (tertiary/aromatic N) is 1. The van der Waals surface area contributed by atoms with Gasteiger partial charge in [-0.15, -0.1) is 0 Å². The van der Waals surface area contributed by atoms with Crippen molar-refractivity contribution in [3.8, 4) is 0 Å². The molecule has 5 nitrogen and oxygen atoms in total. The standard InChI is InChI=1S/C20H25N3O2/c1-5-16-10-6-8-14(2)17(16)23-19(25)20(3,4)18(24)22-13-15-9-7-11-21-12-15/h6-12H,5,13H2,1-4H3,(H,22,24)(H,23,25). The summed E-state index contributed by atoms with van der Waals surface area (Å²) in [5.41, 5.74) is 2.54. The van der Waals surface area contributed by atoms with Gasteiger partial charge < -0.3 is 10.6 Å². The number of hydrogen-bond donors (Lipinski definition) is 2. The number of anilines is 1. The molecule has 2 N–H and O–H groups in total. The molecular formula is C20H25N3O2. The van der Waals surface area contributed by atoms with Crippen molar-refractivity contribution in [2.75, 3.05) is 5.32 Å². The van der Waals surface area contributed by atoms with E-state index in [1.54, 1.807) is 26.2 Å². The second-order valence-electron chi connectivity index (χ2n) is 6.59. The van der Waals surface area contributed by atoms with Gasteiger partial charge in [0.1, 0.15) is 5.41 Å². The highest BCUT2D eigenvalue weighted by molar-refractivity contribution is 6.10. The molecule has 5 heteroatoms. The maximum absolute atomic E-state index is 12.7. The van der Waals surface area contributed by atoms with E-state index in [9.17, 15) is 9.59 Å². The smallest absolute Gasteiger partial charge is 0.239 e. The number of hydrogen-bond acceptors (Lipinski definition) is 3. The van der Waals surface area contributed by atoms with E-state index >= 15 is 0 Å². The summed E-state index contributed by atoms with van der Waals surface area (Å²) >= 11 is 0. The van der Waals surface area contributed by atoms with E-state index in [1.807, 2.05) is 44.2 Å². The molecule has 0 fully saturated rings. The zero-order valence-electron chi connectivity index (χ0n) is 15.2. The zero-order valence-corrected chi connectivity index (χ0v) is 15.2. The molecule has 0 aliphatic heterocycles. The first-order valence-electron chi connectivity index (χ1n) is 8.43. The van der Waals surface area contributed by atoms with Gasteiger partial charge in [0.25, 0.3) is 0 Å². The number of nitrogens with one attached hydrogen (secondary N) is 2. The van der Waals surface area contributed by atoms with Crippen molar-refractivity contribution >= 4 is 17.5 Å². The molecule has 0 bridgehead atoms. The van der Waals surface area contributed by atoms with Gasteiger partial charge in [0.05, 0.1) is 0 Å². The summed E-state index contributed by atoms with van der Waals surface area (Å²) in [6.45, 7) is 7.59. The van der Waals surface area contributed by atoms with E-state index in [1.165, 1.54) is 0 Å². The second kappa shape index (κ2) is 7.92. The highest BCUT2D eigenvalue weighted by atomic mass is 16.2. The van der Waals surface area contributed by atoms with Gasteiger partial charge in [0.2, 0.25) is 11.8 Å². The van der Waals surface area contributed by atoms with E-state index in [4.69, 9.17) is 0 Å². The number of carbonyl (C=O) groups is 2. The third-order valence-electron chi connectivity index (χ3n) is 4.29. The monoisotopic (exact) mass is 339 g/mol. The van der Waals surface area contributed by atoms with Crippen molar-refractivity contribution in [3.63, 3.8) is 0 Å². The first kappa shape index (κ1) is 18.6. The van der Waals surface area contributed by atoms with Crippen LogP contribution in [0.2, 0.25) is 0 Å². The van der Waals surface area contributed by atoms with E-state index in [-0.39, 0.29) is 11.8 Å². The Bertz CT molecular complexity index is 755. The highest BCUT2D eigenvalue weighted by Gasteiger charge is 2.36. The summed E-state index contributed by atoms with van der Waals surface area (Å²) < 4.78 is 0. The molecule has 1 heterocycles. The number of aromatic nitrogens is 1. The van der Waals surface area contributed by atoms with E-state index < -0.39 is 5.41 Å². The Morgan fingerprint density at radius 3 is 2.52 bits per heavy atom. The summed E-state index contributed by atoms with van der Waals surface area (Å²) in [5, 5.41) is 5.75. The van der Waals surface area contributed by atoms with Crippen molar-refractivity contribution in [1.82, 2.24) is 10.3 Å². The highest BCUT2D eigenvalue weighted by Crippen LogP contribution is 2.25. The fourth-order valence-corrected chi connectivity index (χ4v) is 2.48. The minimum atomic E-state index is -1.19. The number of carbonyl (C=O) groups excluding carboxylic acids is 2. The van der Waals surface area contributed by atoms with Crippen LogP contribution in [0.5, 0.6) is 0 Å². The Morgan fingerprint density at radius 2 is 1.88 bits per heavy atom. The summed E-state index contributed by atoms with van der Waals surface area (Å²) in [6, 6.07) is 9.59. The molecule has 0 unspecified atom stereocenters. The molecule has 0 aliphatic carbocycles. The van der Waals surface area contributed by atoms with Crippen LogP contribution in [0.1, 0.15) is 37.5 Å². The lowest BCUT2D eigenvalue weighted by Crippen LogP contribution is -2.45. The predicted molar refractivity (Wildman–Crippen MR) is 99.1 cm³/mol. The Kier molecular flexibility index (Phi) is 5.91. The van der Waals surface area contributed by atoms with E-state index in [2.05, 4.69) is 15.6 Å². The number of aryl methyl sites for hydroxylation is 2. The van der Waals surface area contributed by atoms with Crippen molar-refractivity contribution < 1.29 is 9.59 Å². The van der Waals surface area contributed by atoms with Gasteiger partial charge >= 0.3 is 0 Å². The van der Waals surface area contributed by atoms with Crippen molar-refractivity contribution in [2.45, 2.75) is 40.7 Å². The Balaban J connectivity index is 2.08. The third kappa shape index (κ3) is 4.44. The van der Waals surface area contributed by atoms with Crippen molar-refractivity contribution in [2.24, 2.45) is 5.41 Å². The molecule has 0 aliphatic rings. The summed E-state index contributed by atoms with van der Waals surface area (Å²) in [7, 11) is 0. The molecule has 2 aromatic rings. The van der Waals surface area contributed by atoms with Gasteiger partial charge in [-0.3, -0.25) is 14.6 Å². The molecule has 0 spiro atoms. The lowest BCUT2D eigenvalue weighted by atomic mass is 9.90. The van der Waals surface area contributed by atoms with Crippen molar-refractivity contribution in [3.05, 3.63) is 59.4 Å². The first-order chi connectivity index (χ1) is 11.9. The number of amides is 2. The molecule has 0 atom stereocenters. The number of para-hydroxylation sites is 1. The summed E-state index contributed by atoms with van der Waals surface area (Å²) in [6.07, 6.45) is 4.18. The molecule has 1 aromatic carbocycles. The maximum Gasteiger partial charge on any atom is 0.239 e. The number of benzene rings is 1. The van der Waals surface area contributed by atoms with Crippen LogP contribution in [0.15, 0.2) is 42.7 Å². The van der Waals surface area contributed by atoms with Crippen LogP contribution < -0.4 is 10.6 Å². The molecule has 132 valence electrons. The van der Waals surface area contributed by atoms with Crippen molar-refractivity contribution in [1.29, 1.82) is 0 Å². The Labute approximate surface area is 148 Å². The van der Waals surface area contributed by atoms with Crippen LogP contribution >= 0.6 is 0 Å². The number of rotatable bonds is 6. The minimum Gasteiger partial charge on any atom is -0.351 e. The van der Waals surface area contributed by atoms with E-state index in [0.717, 1.165) is 28.8 Å². The fourth-order valence-electron chi connectivity index (χ4n) is 2.48. The van der Waals surface area contributed by atoms with Gasteiger partial charge in [0.15, 0.2) is 0 Å². The quantitative estimate of drug-likeness (QED) is 0.794. The SMILES string of the molecule is CCc1cccc(C)c1NC(=O)C(C)(C)C(=O)NCc1cccnc1. The average Bonchev–Trinajstić information content (AvgIpc) is 2.61. The molecule has 25 heavy (non-hydrogen) atoms. The van der Waals surface area contributed by atoms with Gasteiger partial charge in [-0.2, -0.15) is 0 Å². The Morgan fingerprint density at radius 1 is 1.12 bits per heavy atom. The van der Waals surface area contributed by atoms with E-state index in [0.29, 0.717) is 6.54 Å². The van der Waals surface area contributed by atoms with Gasteiger partial charge in [0, 0.05) is 24.6 Å². The summed E-state index contributed by atoms with van der Waals surface area (Å²) in [5.74, 6) is -0.638. The molecule has 2 amide bonds. The fraction of sp³-hybridized carbons (Fsp3) is 0.350. The molecule has 0 saturated carbocycles. The molecule has 2 rings (SSSR count). The third-order valence-corrected chi connectivity index (χ3v) is 4.29. The van der Waals surface area contributed by atoms with Crippen LogP contribution in [0.25, 0.3) is 0 Å². The van der Waals surface area contributed by atoms with Crippen LogP contribution in [-0.2, 0) is 22.6 Å². The van der Waals surface area contributed by atoms with Crippen LogP contribution in [0.3, 0.4) is 0 Å². The van der Waals surface area contributed by atoms with Gasteiger partial charge in [-0.05, 0) is 49.9 Å². The average molecular weight is 339 g/mol. The van der Waals surface area contributed by atoms with Gasteiger partial charge in [-0.25, -0.2) is 0 Å². The summed E-state index contributed by atoms with van der Waals surface area (Å²) in [4.78, 5) is 29.3. The van der Waals surface area contributed by atoms with Gasteiger partial charge in [-0.1, -0.05) is 31.2 Å². The van der Waals surface area contributed by atoms with Crippen LogP contribution in [0.4, 0.5) is 5.69 Å². The molecule has 0 saturated heterocycles. The van der Waals surface area contributed by atoms with Crippen LogP contribution in [0, 0.1) is 12.3 Å². The second-order valence-corrected chi connectivity index (χ2v) is 6.59. The first-order valence-corrected chi connectivity index (χ1v) is 8.43. The number of pyridine rings is 1. The normalized spacial score (nSPS) is 11.0.